The number of aryl methyl sites for hydroxylation is 1. The normalized spacial score (nSPS) is 20.1. The van der Waals surface area contributed by atoms with Gasteiger partial charge in [-0.3, -0.25) is 4.79 Å². The third-order valence-corrected chi connectivity index (χ3v) is 5.61. The highest BCUT2D eigenvalue weighted by Gasteiger charge is 2.27. The van der Waals surface area contributed by atoms with E-state index in [4.69, 9.17) is 14.2 Å². The lowest BCUT2D eigenvalue weighted by Gasteiger charge is -2.32. The third kappa shape index (κ3) is 4.16. The lowest BCUT2D eigenvalue weighted by molar-refractivity contribution is -0.132. The Kier molecular flexibility index (Phi) is 5.57. The molecule has 1 amide bonds. The van der Waals surface area contributed by atoms with E-state index in [2.05, 4.69) is 22.1 Å². The number of methoxy groups -OCH3 is 1. The van der Waals surface area contributed by atoms with Gasteiger partial charge < -0.3 is 19.1 Å². The van der Waals surface area contributed by atoms with E-state index in [-0.39, 0.29) is 11.8 Å². The number of piperidine rings is 1. The van der Waals surface area contributed by atoms with Crippen molar-refractivity contribution in [2.45, 2.75) is 44.6 Å². The van der Waals surface area contributed by atoms with Crippen molar-refractivity contribution in [3.63, 3.8) is 0 Å². The van der Waals surface area contributed by atoms with Crippen molar-refractivity contribution in [1.82, 2.24) is 24.9 Å². The lowest BCUT2D eigenvalue weighted by atomic mass is 9.96. The highest BCUT2D eigenvalue weighted by molar-refractivity contribution is 5.76. The van der Waals surface area contributed by atoms with Gasteiger partial charge in [-0.25, -0.2) is 9.97 Å². The van der Waals surface area contributed by atoms with E-state index >= 15 is 0 Å². The van der Waals surface area contributed by atoms with Crippen LogP contribution in [0.2, 0.25) is 0 Å². The van der Waals surface area contributed by atoms with Crippen LogP contribution in [0.4, 0.5) is 0 Å². The van der Waals surface area contributed by atoms with Gasteiger partial charge in [0.25, 0.3) is 5.88 Å². The lowest BCUT2D eigenvalue weighted by Crippen LogP contribution is -2.39. The smallest absolute Gasteiger partial charge is 0.254 e. The number of likely N-dealkylation sites (N-methyl/N-ethyl adjacent to an activating group) is 1. The van der Waals surface area contributed by atoms with E-state index in [1.165, 1.54) is 11.3 Å². The summed E-state index contributed by atoms with van der Waals surface area (Å²) in [5.74, 6) is 2.35. The standard InChI is InChI=1S/C20H27N5O3/c1-24-9-7-17-15(12-24)11-21-20(22-17)14-4-3-8-25(13-14)19(26)6-5-16-10-18(27-2)23-28-16/h10-11,14H,3-9,12-13H2,1-2H3/t14-/m0/s1. The summed E-state index contributed by atoms with van der Waals surface area (Å²) in [6.07, 6.45) is 5.89. The van der Waals surface area contributed by atoms with Gasteiger partial charge in [-0.1, -0.05) is 0 Å². The molecular weight excluding hydrogens is 358 g/mol. The van der Waals surface area contributed by atoms with Crippen LogP contribution in [-0.2, 0) is 24.2 Å². The van der Waals surface area contributed by atoms with E-state index in [9.17, 15) is 4.79 Å². The number of nitrogens with zero attached hydrogens (tertiary/aromatic N) is 5. The first-order valence-electron chi connectivity index (χ1n) is 9.93. The van der Waals surface area contributed by atoms with Gasteiger partial charge in [0.05, 0.1) is 7.11 Å². The van der Waals surface area contributed by atoms with Crippen LogP contribution in [0.5, 0.6) is 5.88 Å². The Morgan fingerprint density at radius 3 is 3.11 bits per heavy atom. The van der Waals surface area contributed by atoms with Crippen LogP contribution >= 0.6 is 0 Å². The fraction of sp³-hybridized carbons (Fsp3) is 0.600. The number of hydrogen-bond donors (Lipinski definition) is 0. The molecular formula is C20H27N5O3. The van der Waals surface area contributed by atoms with E-state index < -0.39 is 0 Å². The molecule has 2 aromatic heterocycles. The largest absolute Gasteiger partial charge is 0.479 e. The Balaban J connectivity index is 1.36. The zero-order chi connectivity index (χ0) is 19.5. The van der Waals surface area contributed by atoms with Crippen LogP contribution < -0.4 is 4.74 Å². The second kappa shape index (κ2) is 8.26. The molecule has 0 N–H and O–H groups in total. The Hall–Kier alpha value is -2.48. The SMILES string of the molecule is COc1cc(CCC(=O)N2CCC[C@H](c3ncc4c(n3)CCN(C)C4)C2)on1. The summed E-state index contributed by atoms with van der Waals surface area (Å²) in [5, 5.41) is 3.78. The number of ether oxygens (including phenoxy) is 1. The topological polar surface area (TPSA) is 84.6 Å². The van der Waals surface area contributed by atoms with E-state index in [1.54, 1.807) is 13.2 Å². The van der Waals surface area contributed by atoms with Gasteiger partial charge >= 0.3 is 0 Å². The second-order valence-electron chi connectivity index (χ2n) is 7.70. The van der Waals surface area contributed by atoms with Gasteiger partial charge in [0, 0.05) is 74.9 Å². The Labute approximate surface area is 164 Å². The molecule has 8 nitrogen and oxygen atoms in total. The first kappa shape index (κ1) is 18.9. The molecule has 4 rings (SSSR count). The molecule has 8 heteroatoms. The number of rotatable bonds is 5. The molecule has 0 bridgehead atoms. The number of carbonyl (C=O) groups is 1. The minimum absolute atomic E-state index is 0.139. The highest BCUT2D eigenvalue weighted by Crippen LogP contribution is 2.27. The van der Waals surface area contributed by atoms with Crippen molar-refractivity contribution >= 4 is 5.91 Å². The van der Waals surface area contributed by atoms with Crippen LogP contribution in [0.15, 0.2) is 16.8 Å². The first-order valence-corrected chi connectivity index (χ1v) is 9.93. The molecule has 0 spiro atoms. The monoisotopic (exact) mass is 385 g/mol. The van der Waals surface area contributed by atoms with Crippen molar-refractivity contribution in [1.29, 1.82) is 0 Å². The molecule has 150 valence electrons. The van der Waals surface area contributed by atoms with Gasteiger partial charge in [-0.05, 0) is 25.0 Å². The van der Waals surface area contributed by atoms with Gasteiger partial charge in [-0.2, -0.15) is 0 Å². The average molecular weight is 385 g/mol. The Bertz CT molecular complexity index is 837. The van der Waals surface area contributed by atoms with Crippen molar-refractivity contribution < 1.29 is 14.1 Å². The number of fused-ring (bicyclic) bond motifs is 1. The molecule has 4 heterocycles. The summed E-state index contributed by atoms with van der Waals surface area (Å²) in [6.45, 7) is 3.44. The molecule has 1 saturated heterocycles. The fourth-order valence-corrected chi connectivity index (χ4v) is 3.98. The maximum Gasteiger partial charge on any atom is 0.254 e. The summed E-state index contributed by atoms with van der Waals surface area (Å²) in [4.78, 5) is 26.4. The minimum Gasteiger partial charge on any atom is -0.479 e. The number of carbonyl (C=O) groups excluding carboxylic acids is 1. The molecule has 2 aromatic rings. The maximum atomic E-state index is 12.7. The zero-order valence-corrected chi connectivity index (χ0v) is 16.6. The molecule has 0 radical (unpaired) electrons. The summed E-state index contributed by atoms with van der Waals surface area (Å²) in [6, 6.07) is 1.73. The van der Waals surface area contributed by atoms with Gasteiger partial charge in [0.15, 0.2) is 0 Å². The first-order chi connectivity index (χ1) is 13.6. The van der Waals surface area contributed by atoms with Crippen molar-refractivity contribution in [2.24, 2.45) is 0 Å². The van der Waals surface area contributed by atoms with Gasteiger partial charge in [0.2, 0.25) is 5.91 Å². The minimum atomic E-state index is 0.139. The van der Waals surface area contributed by atoms with Crippen LogP contribution in [0.3, 0.4) is 0 Å². The molecule has 0 aliphatic carbocycles. The number of aromatic nitrogens is 3. The molecule has 1 fully saturated rings. The fourth-order valence-electron chi connectivity index (χ4n) is 3.98. The maximum absolute atomic E-state index is 12.7. The summed E-state index contributed by atoms with van der Waals surface area (Å²) in [5.41, 5.74) is 2.40. The van der Waals surface area contributed by atoms with Crippen molar-refractivity contribution in [2.75, 3.05) is 33.8 Å². The van der Waals surface area contributed by atoms with E-state index in [0.29, 0.717) is 31.0 Å². The van der Waals surface area contributed by atoms with E-state index in [0.717, 1.165) is 44.7 Å². The van der Waals surface area contributed by atoms with Gasteiger partial charge in [0.1, 0.15) is 11.6 Å². The number of likely N-dealkylation sites (tertiary alicyclic amines) is 1. The molecule has 0 aromatic carbocycles. The van der Waals surface area contributed by atoms with Crippen LogP contribution in [0, 0.1) is 0 Å². The van der Waals surface area contributed by atoms with Crippen molar-refractivity contribution in [3.05, 3.63) is 35.1 Å². The van der Waals surface area contributed by atoms with Crippen molar-refractivity contribution in [3.8, 4) is 5.88 Å². The van der Waals surface area contributed by atoms with Crippen LogP contribution in [0.25, 0.3) is 0 Å². The average Bonchev–Trinajstić information content (AvgIpc) is 3.20. The van der Waals surface area contributed by atoms with E-state index in [1.807, 2.05) is 11.1 Å². The molecule has 2 aliphatic rings. The number of hydrogen-bond acceptors (Lipinski definition) is 7. The zero-order valence-electron chi connectivity index (χ0n) is 16.6. The summed E-state index contributed by atoms with van der Waals surface area (Å²) >= 11 is 0. The summed E-state index contributed by atoms with van der Waals surface area (Å²) in [7, 11) is 3.66. The predicted molar refractivity (Wildman–Crippen MR) is 102 cm³/mol. The highest BCUT2D eigenvalue weighted by atomic mass is 16.5. The molecule has 0 saturated carbocycles. The Morgan fingerprint density at radius 2 is 2.29 bits per heavy atom. The Morgan fingerprint density at radius 1 is 1.39 bits per heavy atom. The molecule has 0 unspecified atom stereocenters. The third-order valence-electron chi connectivity index (χ3n) is 5.61. The molecule has 1 atom stereocenters. The summed E-state index contributed by atoms with van der Waals surface area (Å²) < 4.78 is 10.2. The quantitative estimate of drug-likeness (QED) is 0.776. The second-order valence-corrected chi connectivity index (χ2v) is 7.70. The molecule has 28 heavy (non-hydrogen) atoms. The van der Waals surface area contributed by atoms with Crippen LogP contribution in [-0.4, -0.2) is 64.6 Å². The number of amides is 1. The predicted octanol–water partition coefficient (Wildman–Crippen LogP) is 1.80. The van der Waals surface area contributed by atoms with Crippen LogP contribution in [0.1, 0.15) is 48.0 Å². The van der Waals surface area contributed by atoms with Gasteiger partial charge in [-0.15, -0.1) is 0 Å². The molecule has 2 aliphatic heterocycles.